The highest BCUT2D eigenvalue weighted by Crippen LogP contribution is 2.35. The molecule has 3 aromatic rings. The molecule has 2 aromatic carbocycles. The van der Waals surface area contributed by atoms with E-state index in [0.29, 0.717) is 18.5 Å². The number of halogens is 4. The monoisotopic (exact) mass is 537 g/mol. The molecule has 1 aromatic heterocycles. The summed E-state index contributed by atoms with van der Waals surface area (Å²) in [6.07, 6.45) is -4.28. The molecule has 1 aliphatic heterocycles. The zero-order valence-electron chi connectivity index (χ0n) is 20.2. The molecule has 0 spiro atoms. The van der Waals surface area contributed by atoms with Crippen LogP contribution in [0.25, 0.3) is 22.8 Å². The summed E-state index contributed by atoms with van der Waals surface area (Å²) in [5.41, 5.74) is 1.82. The van der Waals surface area contributed by atoms with Crippen molar-refractivity contribution in [2.75, 3.05) is 11.4 Å². The molecule has 0 saturated carbocycles. The maximum Gasteiger partial charge on any atom is 0.573 e. The molecule has 0 aliphatic carbocycles. The molecule has 12 heteroatoms. The first kappa shape index (κ1) is 26.5. The van der Waals surface area contributed by atoms with Crippen LogP contribution < -0.4 is 9.64 Å². The summed E-state index contributed by atoms with van der Waals surface area (Å²) in [5.74, 6) is -0.987. The topological polar surface area (TPSA) is 94.8 Å². The van der Waals surface area contributed by atoms with E-state index in [4.69, 9.17) is 20.9 Å². The fourth-order valence-electron chi connectivity index (χ4n) is 3.83. The summed E-state index contributed by atoms with van der Waals surface area (Å²) in [6.45, 7) is 5.77. The Bertz CT molecular complexity index is 1330. The van der Waals surface area contributed by atoms with Crippen molar-refractivity contribution in [3.63, 3.8) is 0 Å². The molecule has 2 heterocycles. The summed E-state index contributed by atoms with van der Waals surface area (Å²) < 4.78 is 52.3. The highest BCUT2D eigenvalue weighted by Gasteiger charge is 2.32. The van der Waals surface area contributed by atoms with Crippen molar-refractivity contribution in [2.24, 2.45) is 0 Å². The Morgan fingerprint density at radius 3 is 2.51 bits per heavy atom. The van der Waals surface area contributed by atoms with E-state index in [1.165, 1.54) is 12.1 Å². The van der Waals surface area contributed by atoms with Crippen molar-refractivity contribution >= 4 is 29.2 Å². The first-order valence-electron chi connectivity index (χ1n) is 11.3. The van der Waals surface area contributed by atoms with E-state index in [2.05, 4.69) is 14.9 Å². The Hall–Kier alpha value is -3.60. The van der Waals surface area contributed by atoms with Crippen LogP contribution in [-0.2, 0) is 20.7 Å². The number of alkyl halides is 3. The first-order valence-corrected chi connectivity index (χ1v) is 11.7. The van der Waals surface area contributed by atoms with Gasteiger partial charge in [-0.25, -0.2) is 0 Å². The van der Waals surface area contributed by atoms with Crippen molar-refractivity contribution in [1.82, 2.24) is 10.1 Å². The minimum Gasteiger partial charge on any atom is -0.460 e. The predicted octanol–water partition coefficient (Wildman–Crippen LogP) is 5.97. The second-order valence-corrected chi connectivity index (χ2v) is 9.75. The standard InChI is InChI=1S/C25H23ClF3N3O5/c1-24(2,3)36-21(34)9-8-20(33)32-11-10-14-12-15(5-7-18(14)32)22-30-23(37-31-22)16-4-6-17(26)19(13-16)35-25(27,28)29/h4-7,12-13H,8-11H2,1-3H3. The van der Waals surface area contributed by atoms with Crippen molar-refractivity contribution < 1.29 is 36.8 Å². The van der Waals surface area contributed by atoms with Crippen LogP contribution in [0.15, 0.2) is 40.9 Å². The zero-order valence-corrected chi connectivity index (χ0v) is 20.9. The number of rotatable bonds is 6. The number of hydrogen-bond acceptors (Lipinski definition) is 7. The number of hydrogen-bond donors (Lipinski definition) is 0. The first-order chi connectivity index (χ1) is 17.3. The minimum atomic E-state index is -4.91. The van der Waals surface area contributed by atoms with Gasteiger partial charge in [-0.2, -0.15) is 4.98 Å². The van der Waals surface area contributed by atoms with Gasteiger partial charge in [-0.05, 0) is 69.2 Å². The third-order valence-corrected chi connectivity index (χ3v) is 5.64. The maximum atomic E-state index is 12.7. The van der Waals surface area contributed by atoms with Crippen LogP contribution in [0, 0.1) is 0 Å². The Morgan fingerprint density at radius 2 is 1.81 bits per heavy atom. The summed E-state index contributed by atoms with van der Waals surface area (Å²) in [5, 5.41) is 3.72. The molecule has 37 heavy (non-hydrogen) atoms. The molecule has 0 atom stereocenters. The third-order valence-electron chi connectivity index (χ3n) is 5.33. The van der Waals surface area contributed by atoms with Gasteiger partial charge in [-0.15, -0.1) is 13.2 Å². The quantitative estimate of drug-likeness (QED) is 0.358. The van der Waals surface area contributed by atoms with Gasteiger partial charge in [-0.3, -0.25) is 9.59 Å². The van der Waals surface area contributed by atoms with E-state index < -0.39 is 23.7 Å². The Kier molecular flexibility index (Phi) is 7.18. The molecule has 0 fully saturated rings. The van der Waals surface area contributed by atoms with E-state index in [1.54, 1.807) is 37.8 Å². The van der Waals surface area contributed by atoms with Gasteiger partial charge in [0.1, 0.15) is 11.4 Å². The number of esters is 1. The Balaban J connectivity index is 1.47. The van der Waals surface area contributed by atoms with Gasteiger partial charge >= 0.3 is 12.3 Å². The summed E-state index contributed by atoms with van der Waals surface area (Å²) in [4.78, 5) is 30.6. The smallest absolute Gasteiger partial charge is 0.460 e. The fraction of sp³-hybridized carbons (Fsp3) is 0.360. The number of nitrogens with zero attached hydrogens (tertiary/aromatic N) is 3. The molecule has 0 bridgehead atoms. The lowest BCUT2D eigenvalue weighted by atomic mass is 10.1. The molecule has 0 unspecified atom stereocenters. The number of benzene rings is 2. The third kappa shape index (κ3) is 6.59. The van der Waals surface area contributed by atoms with Crippen LogP contribution >= 0.6 is 11.6 Å². The molecule has 0 N–H and O–H groups in total. The second kappa shape index (κ2) is 10.0. The number of fused-ring (bicyclic) bond motifs is 1. The average Bonchev–Trinajstić information content (AvgIpc) is 3.44. The maximum absolute atomic E-state index is 12.7. The van der Waals surface area contributed by atoms with E-state index >= 15 is 0 Å². The fourth-order valence-corrected chi connectivity index (χ4v) is 3.99. The number of carbonyl (C=O) groups excluding carboxylic acids is 2. The summed E-state index contributed by atoms with van der Waals surface area (Å²) in [6, 6.07) is 9.04. The summed E-state index contributed by atoms with van der Waals surface area (Å²) >= 11 is 5.80. The molecule has 0 saturated heterocycles. The van der Waals surface area contributed by atoms with Crippen LogP contribution in [0.4, 0.5) is 18.9 Å². The van der Waals surface area contributed by atoms with Crippen LogP contribution in [0.5, 0.6) is 5.75 Å². The number of ether oxygens (including phenoxy) is 2. The largest absolute Gasteiger partial charge is 0.573 e. The van der Waals surface area contributed by atoms with Gasteiger partial charge < -0.3 is 18.9 Å². The molecule has 4 rings (SSSR count). The van der Waals surface area contributed by atoms with Crippen LogP contribution in [0.3, 0.4) is 0 Å². The van der Waals surface area contributed by atoms with Gasteiger partial charge in [0.15, 0.2) is 0 Å². The number of aromatic nitrogens is 2. The molecular weight excluding hydrogens is 515 g/mol. The molecular formula is C25H23ClF3N3O5. The van der Waals surface area contributed by atoms with Crippen LogP contribution in [0.2, 0.25) is 5.02 Å². The van der Waals surface area contributed by atoms with Gasteiger partial charge in [0.05, 0.1) is 11.4 Å². The normalized spacial score (nSPS) is 13.4. The Morgan fingerprint density at radius 1 is 1.08 bits per heavy atom. The minimum absolute atomic E-state index is 0.00786. The Labute approximate surface area is 215 Å². The highest BCUT2D eigenvalue weighted by molar-refractivity contribution is 6.32. The highest BCUT2D eigenvalue weighted by atomic mass is 35.5. The van der Waals surface area contributed by atoms with Crippen molar-refractivity contribution in [2.45, 2.75) is 52.0 Å². The lowest BCUT2D eigenvalue weighted by Crippen LogP contribution is -2.30. The van der Waals surface area contributed by atoms with Gasteiger partial charge in [-0.1, -0.05) is 16.8 Å². The summed E-state index contributed by atoms with van der Waals surface area (Å²) in [7, 11) is 0. The molecule has 196 valence electrons. The molecule has 0 radical (unpaired) electrons. The van der Waals surface area contributed by atoms with Crippen molar-refractivity contribution in [3.8, 4) is 28.6 Å². The zero-order chi connectivity index (χ0) is 27.0. The van der Waals surface area contributed by atoms with Gasteiger partial charge in [0.2, 0.25) is 11.7 Å². The molecule has 1 aliphatic rings. The number of amides is 1. The van der Waals surface area contributed by atoms with E-state index in [9.17, 15) is 22.8 Å². The van der Waals surface area contributed by atoms with Gasteiger partial charge in [0.25, 0.3) is 5.89 Å². The van der Waals surface area contributed by atoms with Crippen molar-refractivity contribution in [1.29, 1.82) is 0 Å². The lowest BCUT2D eigenvalue weighted by molar-refractivity contribution is -0.274. The lowest BCUT2D eigenvalue weighted by Gasteiger charge is -2.20. The molecule has 1 amide bonds. The van der Waals surface area contributed by atoms with Crippen molar-refractivity contribution in [3.05, 3.63) is 47.0 Å². The average molecular weight is 538 g/mol. The van der Waals surface area contributed by atoms with Crippen LogP contribution in [-0.4, -0.2) is 40.5 Å². The van der Waals surface area contributed by atoms with E-state index in [0.717, 1.165) is 17.3 Å². The SMILES string of the molecule is CC(C)(C)OC(=O)CCC(=O)N1CCc2cc(-c3noc(-c4ccc(Cl)c(OC(F)(F)F)c4)n3)ccc21. The van der Waals surface area contributed by atoms with E-state index in [-0.39, 0.29) is 41.1 Å². The van der Waals surface area contributed by atoms with E-state index in [1.807, 2.05) is 6.07 Å². The number of anilines is 1. The number of carbonyl (C=O) groups is 2. The molecule has 8 nitrogen and oxygen atoms in total. The predicted molar refractivity (Wildman–Crippen MR) is 128 cm³/mol. The second-order valence-electron chi connectivity index (χ2n) is 9.34. The van der Waals surface area contributed by atoms with Gasteiger partial charge in [0, 0.05) is 29.8 Å². The van der Waals surface area contributed by atoms with Crippen LogP contribution in [0.1, 0.15) is 39.2 Å².